The van der Waals surface area contributed by atoms with E-state index in [1.54, 1.807) is 18.0 Å². The molecule has 0 aliphatic carbocycles. The van der Waals surface area contributed by atoms with Crippen molar-refractivity contribution in [3.05, 3.63) is 109 Å². The predicted octanol–water partition coefficient (Wildman–Crippen LogP) is 7.40. The Morgan fingerprint density at radius 3 is 2.48 bits per heavy atom. The highest BCUT2D eigenvalue weighted by molar-refractivity contribution is 7.99. The van der Waals surface area contributed by atoms with Gasteiger partial charge < -0.3 is 25.0 Å². The third kappa shape index (κ3) is 6.12. The minimum Gasteiger partial charge on any atom is -0.369 e. The smallest absolute Gasteiger partial charge is 0.255 e. The van der Waals surface area contributed by atoms with Crippen LogP contribution in [0.3, 0.4) is 0 Å². The third-order valence-corrected chi connectivity index (χ3v) is 10.0. The van der Waals surface area contributed by atoms with Gasteiger partial charge in [0, 0.05) is 72.9 Å². The van der Waals surface area contributed by atoms with Crippen molar-refractivity contribution in [2.45, 2.75) is 18.6 Å². The fourth-order valence-corrected chi connectivity index (χ4v) is 7.43. The van der Waals surface area contributed by atoms with Crippen LogP contribution in [0.4, 0.5) is 23.0 Å². The minimum atomic E-state index is -0.153. The highest BCUT2D eigenvalue weighted by atomic mass is 32.2. The van der Waals surface area contributed by atoms with Gasteiger partial charge in [0.05, 0.1) is 17.1 Å². The van der Waals surface area contributed by atoms with Crippen molar-refractivity contribution in [2.24, 2.45) is 0 Å². The van der Waals surface area contributed by atoms with E-state index in [4.69, 9.17) is 9.97 Å². The molecule has 1 amide bonds. The van der Waals surface area contributed by atoms with E-state index in [0.29, 0.717) is 17.2 Å². The molecule has 2 aliphatic heterocycles. The number of amides is 1. The van der Waals surface area contributed by atoms with Gasteiger partial charge >= 0.3 is 0 Å². The average Bonchev–Trinajstić information content (AvgIpc) is 3.74. The second-order valence-corrected chi connectivity index (χ2v) is 13.1. The lowest BCUT2D eigenvalue weighted by atomic mass is 10.1. The maximum Gasteiger partial charge on any atom is 0.255 e. The second-order valence-electron chi connectivity index (χ2n) is 12.0. The molecule has 0 bridgehead atoms. The van der Waals surface area contributed by atoms with Crippen LogP contribution >= 0.6 is 11.8 Å². The monoisotopic (exact) mass is 652 g/mol. The van der Waals surface area contributed by atoms with Gasteiger partial charge in [-0.15, -0.1) is 0 Å². The molecule has 0 radical (unpaired) electrons. The zero-order chi connectivity index (χ0) is 32.5. The topological polar surface area (TPSA) is 91.2 Å². The van der Waals surface area contributed by atoms with Crippen LogP contribution in [0.2, 0.25) is 0 Å². The number of carbonyl (C=O) groups is 1. The van der Waals surface area contributed by atoms with Crippen LogP contribution in [-0.2, 0) is 6.54 Å². The first-order valence-corrected chi connectivity index (χ1v) is 17.4. The molecule has 9 nitrogen and oxygen atoms in total. The molecule has 10 heteroatoms. The number of thioether (sulfide) groups is 1. The van der Waals surface area contributed by atoms with E-state index in [0.717, 1.165) is 89.3 Å². The van der Waals surface area contributed by atoms with Gasteiger partial charge in [-0.25, -0.2) is 15.0 Å². The number of hydrogen-bond donors (Lipinski definition) is 2. The summed E-state index contributed by atoms with van der Waals surface area (Å²) in [5.74, 6) is 1.34. The van der Waals surface area contributed by atoms with E-state index in [1.807, 2.05) is 72.8 Å². The number of nitrogens with one attached hydrogen (secondary N) is 2. The van der Waals surface area contributed by atoms with Crippen LogP contribution in [0.15, 0.2) is 108 Å². The highest BCUT2D eigenvalue weighted by Gasteiger charge is 2.25. The highest BCUT2D eigenvalue weighted by Crippen LogP contribution is 2.39. The fraction of sp³-hybridized carbons (Fsp3) is 0.211. The zero-order valence-corrected chi connectivity index (χ0v) is 27.6. The van der Waals surface area contributed by atoms with Crippen LogP contribution in [0, 0.1) is 0 Å². The Kier molecular flexibility index (Phi) is 8.25. The summed E-state index contributed by atoms with van der Waals surface area (Å²) in [6, 6.07) is 32.1. The Labute approximate surface area is 284 Å². The molecule has 1 fully saturated rings. The number of piperazine rings is 1. The molecule has 2 aromatic heterocycles. The first kappa shape index (κ1) is 30.2. The van der Waals surface area contributed by atoms with E-state index in [9.17, 15) is 4.79 Å². The number of benzene rings is 4. The molecule has 8 rings (SSSR count). The Bertz CT molecular complexity index is 2100. The minimum absolute atomic E-state index is 0.153. The molecule has 6 aromatic rings. The van der Waals surface area contributed by atoms with E-state index < -0.39 is 0 Å². The number of hydrogen-bond acceptors (Lipinski definition) is 8. The number of rotatable bonds is 8. The maximum absolute atomic E-state index is 13.3. The van der Waals surface area contributed by atoms with Crippen molar-refractivity contribution < 1.29 is 4.79 Å². The molecule has 4 heterocycles. The summed E-state index contributed by atoms with van der Waals surface area (Å²) < 4.78 is 2.24. The van der Waals surface area contributed by atoms with Gasteiger partial charge in [-0.05, 0) is 71.9 Å². The molecule has 0 spiro atoms. The van der Waals surface area contributed by atoms with Gasteiger partial charge in [0.15, 0.2) is 5.16 Å². The lowest BCUT2D eigenvalue weighted by molar-refractivity contribution is 0.102. The number of aromatic nitrogens is 4. The molecular weight excluding hydrogens is 617 g/mol. The summed E-state index contributed by atoms with van der Waals surface area (Å²) in [6.45, 7) is 8.46. The first-order chi connectivity index (χ1) is 23.6. The molecule has 0 atom stereocenters. The number of likely N-dealkylation sites (N-methyl/N-ethyl adjacent to an activating group) is 1. The number of imidazole rings is 1. The Morgan fingerprint density at radius 2 is 1.65 bits per heavy atom. The van der Waals surface area contributed by atoms with E-state index in [1.165, 1.54) is 5.69 Å². The largest absolute Gasteiger partial charge is 0.369 e. The van der Waals surface area contributed by atoms with Crippen LogP contribution in [0.25, 0.3) is 33.4 Å². The lowest BCUT2D eigenvalue weighted by Gasteiger charge is -2.35. The normalized spacial score (nSPS) is 14.6. The van der Waals surface area contributed by atoms with Crippen molar-refractivity contribution in [3.8, 4) is 22.6 Å². The molecule has 2 N–H and O–H groups in total. The van der Waals surface area contributed by atoms with Crippen molar-refractivity contribution in [1.29, 1.82) is 0 Å². The van der Waals surface area contributed by atoms with Crippen LogP contribution in [0.5, 0.6) is 0 Å². The third-order valence-electron chi connectivity index (χ3n) is 9.09. The summed E-state index contributed by atoms with van der Waals surface area (Å²) in [7, 11) is 0. The molecule has 0 unspecified atom stereocenters. The number of carbonyl (C=O) groups excluding carboxylic acids is 1. The van der Waals surface area contributed by atoms with E-state index in [2.05, 4.69) is 61.2 Å². The summed E-state index contributed by atoms with van der Waals surface area (Å²) in [5.41, 5.74) is 6.97. The van der Waals surface area contributed by atoms with E-state index >= 15 is 0 Å². The van der Waals surface area contributed by atoms with Gasteiger partial charge in [0.25, 0.3) is 5.91 Å². The predicted molar refractivity (Wildman–Crippen MR) is 195 cm³/mol. The first-order valence-electron chi connectivity index (χ1n) is 16.4. The summed E-state index contributed by atoms with van der Waals surface area (Å²) in [4.78, 5) is 32.7. The molecular formula is C38H36N8OS. The molecule has 4 aromatic carbocycles. The lowest BCUT2D eigenvalue weighted by Crippen LogP contribution is -2.46. The molecule has 48 heavy (non-hydrogen) atoms. The van der Waals surface area contributed by atoms with Gasteiger partial charge in [-0.1, -0.05) is 61.2 Å². The standard InChI is InChI=1S/C38H36N8OS/c1-2-44-18-20-45(21-19-44)32-14-12-30(13-15-32)41-37-39-17-16-33(42-37)35-34(43-38-46(35)22-23-48-38)28-8-5-9-31(25-28)40-36(47)29-11-10-26-6-3-4-7-27(26)24-29/h3-17,24-25H,2,18-23H2,1H3,(H,40,47)(H,39,41,42). The average molecular weight is 653 g/mol. The number of nitrogens with zero attached hydrogens (tertiary/aromatic N) is 6. The fourth-order valence-electron chi connectivity index (χ4n) is 6.47. The van der Waals surface area contributed by atoms with Gasteiger partial charge in [-0.3, -0.25) is 4.79 Å². The summed E-state index contributed by atoms with van der Waals surface area (Å²) in [5, 5.41) is 9.60. The summed E-state index contributed by atoms with van der Waals surface area (Å²) in [6.07, 6.45) is 1.79. The number of anilines is 4. The van der Waals surface area contributed by atoms with Crippen LogP contribution in [0.1, 0.15) is 17.3 Å². The van der Waals surface area contributed by atoms with E-state index in [-0.39, 0.29) is 5.91 Å². The van der Waals surface area contributed by atoms with Crippen molar-refractivity contribution in [2.75, 3.05) is 54.0 Å². The maximum atomic E-state index is 13.3. The molecule has 2 aliphatic rings. The van der Waals surface area contributed by atoms with Crippen molar-refractivity contribution in [1.82, 2.24) is 24.4 Å². The van der Waals surface area contributed by atoms with Crippen LogP contribution in [-0.4, -0.2) is 68.8 Å². The molecule has 0 saturated carbocycles. The van der Waals surface area contributed by atoms with Gasteiger partial charge in [0.2, 0.25) is 5.95 Å². The molecule has 1 saturated heterocycles. The Hall–Kier alpha value is -5.19. The summed E-state index contributed by atoms with van der Waals surface area (Å²) >= 11 is 1.74. The number of fused-ring (bicyclic) bond motifs is 2. The van der Waals surface area contributed by atoms with Gasteiger partial charge in [0.1, 0.15) is 0 Å². The van der Waals surface area contributed by atoms with Crippen molar-refractivity contribution >= 4 is 51.5 Å². The second kappa shape index (κ2) is 13.1. The Balaban J connectivity index is 1.03. The van der Waals surface area contributed by atoms with Crippen LogP contribution < -0.4 is 15.5 Å². The zero-order valence-electron chi connectivity index (χ0n) is 26.8. The van der Waals surface area contributed by atoms with Gasteiger partial charge in [-0.2, -0.15) is 0 Å². The Morgan fingerprint density at radius 1 is 0.812 bits per heavy atom. The SMILES string of the molecule is CCN1CCN(c2ccc(Nc3nccc(-c4c(-c5cccc(NC(=O)c6ccc7ccccc7c6)c5)nc5n4CCS5)n3)cc2)CC1. The van der Waals surface area contributed by atoms with Crippen molar-refractivity contribution in [3.63, 3.8) is 0 Å². The molecule has 240 valence electrons. The quantitative estimate of drug-likeness (QED) is 0.176.